The number of ketones is 1. The molecule has 1 aliphatic carbocycles. The predicted molar refractivity (Wildman–Crippen MR) is 148 cm³/mol. The summed E-state index contributed by atoms with van der Waals surface area (Å²) in [6.45, 7) is 2.14. The highest BCUT2D eigenvalue weighted by atomic mass is 32.1. The van der Waals surface area contributed by atoms with Crippen LogP contribution in [-0.2, 0) is 17.6 Å². The Balaban J connectivity index is 1.18. The van der Waals surface area contributed by atoms with E-state index in [-0.39, 0.29) is 11.8 Å². The molecule has 0 unspecified atom stereocenters. The van der Waals surface area contributed by atoms with Crippen molar-refractivity contribution in [3.05, 3.63) is 94.3 Å². The first kappa shape index (κ1) is 25.2. The Kier molecular flexibility index (Phi) is 7.95. The van der Waals surface area contributed by atoms with E-state index in [4.69, 9.17) is 9.40 Å². The number of aromatic nitrogens is 1. The molecule has 6 heteroatoms. The fraction of sp³-hybridized carbons (Fsp3) is 0.323. The molecule has 2 aromatic carbocycles. The molecule has 4 aromatic rings. The maximum atomic E-state index is 13.1. The smallest absolute Gasteiger partial charge is 0.275 e. The number of hydrogen-bond donors (Lipinski definition) is 1. The molecule has 0 atom stereocenters. The van der Waals surface area contributed by atoms with Crippen molar-refractivity contribution in [2.45, 2.75) is 57.8 Å². The number of carbonyl (C=O) groups is 2. The van der Waals surface area contributed by atoms with Crippen LogP contribution >= 0.6 is 11.3 Å². The Labute approximate surface area is 222 Å². The van der Waals surface area contributed by atoms with Gasteiger partial charge in [-0.05, 0) is 61.4 Å². The summed E-state index contributed by atoms with van der Waals surface area (Å²) < 4.78 is 5.35. The number of nitrogens with one attached hydrogen (secondary N) is 1. The number of amides is 1. The van der Waals surface area contributed by atoms with Crippen molar-refractivity contribution in [1.29, 1.82) is 0 Å². The Bertz CT molecular complexity index is 1330. The highest BCUT2D eigenvalue weighted by molar-refractivity contribution is 7.10. The molecule has 1 saturated carbocycles. The molecular weight excluding hydrogens is 480 g/mol. The van der Waals surface area contributed by atoms with Crippen LogP contribution in [0.5, 0.6) is 0 Å². The molecule has 1 aliphatic rings. The minimum Gasteiger partial charge on any atom is -0.469 e. The summed E-state index contributed by atoms with van der Waals surface area (Å²) in [5, 5.41) is 5.92. The highest BCUT2D eigenvalue weighted by Crippen LogP contribution is 2.38. The number of para-hydroxylation sites is 1. The molecule has 1 fully saturated rings. The van der Waals surface area contributed by atoms with Gasteiger partial charge in [-0.1, -0.05) is 49.4 Å². The molecule has 37 heavy (non-hydrogen) atoms. The zero-order valence-electron chi connectivity index (χ0n) is 21.1. The lowest BCUT2D eigenvalue weighted by atomic mass is 9.79. The van der Waals surface area contributed by atoms with E-state index in [1.165, 1.54) is 5.56 Å². The molecule has 5 nitrogen and oxygen atoms in total. The number of furan rings is 1. The van der Waals surface area contributed by atoms with E-state index in [2.05, 4.69) is 36.5 Å². The molecular formula is C31H32N2O3S. The van der Waals surface area contributed by atoms with E-state index in [1.807, 2.05) is 41.8 Å². The Morgan fingerprint density at radius 3 is 2.51 bits per heavy atom. The van der Waals surface area contributed by atoms with Gasteiger partial charge >= 0.3 is 0 Å². The third-order valence-corrected chi connectivity index (χ3v) is 8.34. The van der Waals surface area contributed by atoms with Crippen LogP contribution in [0, 0.1) is 5.92 Å². The summed E-state index contributed by atoms with van der Waals surface area (Å²) in [6.07, 6.45) is 7.48. The first-order valence-corrected chi connectivity index (χ1v) is 14.0. The van der Waals surface area contributed by atoms with Gasteiger partial charge in [0.2, 0.25) is 0 Å². The number of hydrogen-bond acceptors (Lipinski definition) is 5. The number of carbonyl (C=O) groups excluding carboxylic acids is 2. The number of rotatable bonds is 9. The topological polar surface area (TPSA) is 72.2 Å². The van der Waals surface area contributed by atoms with Gasteiger partial charge in [-0.15, -0.1) is 11.3 Å². The van der Waals surface area contributed by atoms with Crippen molar-refractivity contribution in [2.24, 2.45) is 5.92 Å². The average molecular weight is 513 g/mol. The van der Waals surface area contributed by atoms with Crippen molar-refractivity contribution >= 4 is 28.7 Å². The van der Waals surface area contributed by atoms with E-state index in [1.54, 1.807) is 17.6 Å². The van der Waals surface area contributed by atoms with Crippen LogP contribution in [0.1, 0.15) is 71.8 Å². The Hall–Kier alpha value is -3.51. The zero-order valence-corrected chi connectivity index (χ0v) is 21.9. The summed E-state index contributed by atoms with van der Waals surface area (Å²) >= 11 is 1.55. The molecule has 190 valence electrons. The third kappa shape index (κ3) is 6.08. The average Bonchev–Trinajstić information content (AvgIpc) is 3.65. The lowest BCUT2D eigenvalue weighted by Crippen LogP contribution is -2.21. The van der Waals surface area contributed by atoms with Gasteiger partial charge in [0.25, 0.3) is 5.91 Å². The van der Waals surface area contributed by atoms with Gasteiger partial charge in [0.1, 0.15) is 17.2 Å². The largest absolute Gasteiger partial charge is 0.469 e. The minimum absolute atomic E-state index is 0.122. The Morgan fingerprint density at radius 2 is 1.78 bits per heavy atom. The molecule has 0 bridgehead atoms. The van der Waals surface area contributed by atoms with E-state index in [0.717, 1.165) is 59.7 Å². The predicted octanol–water partition coefficient (Wildman–Crippen LogP) is 7.69. The van der Waals surface area contributed by atoms with Crippen molar-refractivity contribution in [3.8, 4) is 11.1 Å². The first-order valence-electron chi connectivity index (χ1n) is 13.1. The number of aryl methyl sites for hydroxylation is 2. The number of anilines is 1. The van der Waals surface area contributed by atoms with Gasteiger partial charge in [-0.25, -0.2) is 4.98 Å². The molecule has 5 rings (SSSR count). The molecule has 0 radical (unpaired) electrons. The van der Waals surface area contributed by atoms with Crippen molar-refractivity contribution in [2.75, 3.05) is 5.32 Å². The summed E-state index contributed by atoms with van der Waals surface area (Å²) in [5.41, 5.74) is 4.58. The van der Waals surface area contributed by atoms with Crippen molar-refractivity contribution in [3.63, 3.8) is 0 Å². The van der Waals surface area contributed by atoms with Crippen LogP contribution in [0.15, 0.2) is 76.7 Å². The lowest BCUT2D eigenvalue weighted by molar-refractivity contribution is -0.123. The fourth-order valence-electron chi connectivity index (χ4n) is 5.10. The van der Waals surface area contributed by atoms with Crippen LogP contribution in [0.2, 0.25) is 0 Å². The maximum Gasteiger partial charge on any atom is 0.275 e. The van der Waals surface area contributed by atoms with Gasteiger partial charge in [-0.2, -0.15) is 0 Å². The summed E-state index contributed by atoms with van der Waals surface area (Å²) in [5.74, 6) is 1.44. The first-order chi connectivity index (χ1) is 18.1. The molecule has 0 saturated heterocycles. The second-order valence-electron chi connectivity index (χ2n) is 9.72. The normalized spacial score (nSPS) is 17.4. The van der Waals surface area contributed by atoms with Gasteiger partial charge in [-0.3, -0.25) is 9.59 Å². The summed E-state index contributed by atoms with van der Waals surface area (Å²) in [4.78, 5) is 30.4. The number of Topliss-reactive ketones (excluding diaryl/α,β-unsaturated/α-hetero) is 1. The zero-order chi connectivity index (χ0) is 25.6. The van der Waals surface area contributed by atoms with Gasteiger partial charge in [0.15, 0.2) is 0 Å². The monoisotopic (exact) mass is 512 g/mol. The molecule has 0 spiro atoms. The van der Waals surface area contributed by atoms with Crippen LogP contribution in [0.4, 0.5) is 5.69 Å². The lowest BCUT2D eigenvalue weighted by Gasteiger charge is -2.26. The number of thiazole rings is 1. The standard InChI is InChI=1S/C31H32N2O3S/c1-2-21-9-11-22(12-10-21)26-7-3-4-8-27(26)32-30(35)28-20-37-31(33-28)24-15-13-23(14-16-24)29(34)18-17-25-6-5-19-36-25/h3-12,19-20,23-24H,2,13-18H2,1H3,(H,32,35). The van der Waals surface area contributed by atoms with Gasteiger partial charge in [0, 0.05) is 41.3 Å². The van der Waals surface area contributed by atoms with Crippen molar-refractivity contribution in [1.82, 2.24) is 4.98 Å². The number of benzene rings is 2. The van der Waals surface area contributed by atoms with E-state index in [9.17, 15) is 9.59 Å². The quantitative estimate of drug-likeness (QED) is 0.249. The van der Waals surface area contributed by atoms with E-state index < -0.39 is 0 Å². The maximum absolute atomic E-state index is 13.1. The van der Waals surface area contributed by atoms with Crippen LogP contribution < -0.4 is 5.32 Å². The molecule has 1 N–H and O–H groups in total. The van der Waals surface area contributed by atoms with Crippen LogP contribution in [0.25, 0.3) is 11.1 Å². The van der Waals surface area contributed by atoms with Crippen molar-refractivity contribution < 1.29 is 14.0 Å². The SMILES string of the molecule is CCc1ccc(-c2ccccc2NC(=O)c2csc(C3CCC(C(=O)CCc4ccco4)CC3)n2)cc1. The molecule has 0 aliphatic heterocycles. The Morgan fingerprint density at radius 1 is 1.00 bits per heavy atom. The summed E-state index contributed by atoms with van der Waals surface area (Å²) in [6, 6.07) is 20.1. The van der Waals surface area contributed by atoms with Crippen LogP contribution in [-0.4, -0.2) is 16.7 Å². The van der Waals surface area contributed by atoms with Gasteiger partial charge in [0.05, 0.1) is 11.3 Å². The highest BCUT2D eigenvalue weighted by Gasteiger charge is 2.29. The molecule has 2 heterocycles. The minimum atomic E-state index is -0.193. The third-order valence-electron chi connectivity index (χ3n) is 7.33. The summed E-state index contributed by atoms with van der Waals surface area (Å²) in [7, 11) is 0. The van der Waals surface area contributed by atoms with E-state index >= 15 is 0 Å². The van der Waals surface area contributed by atoms with Gasteiger partial charge < -0.3 is 9.73 Å². The second kappa shape index (κ2) is 11.7. The molecule has 1 amide bonds. The van der Waals surface area contributed by atoms with Crippen LogP contribution in [0.3, 0.4) is 0 Å². The van der Waals surface area contributed by atoms with E-state index in [0.29, 0.717) is 30.2 Å². The fourth-order valence-corrected chi connectivity index (χ4v) is 6.07. The molecule has 2 aromatic heterocycles. The second-order valence-corrected chi connectivity index (χ2v) is 10.6. The number of nitrogens with zero attached hydrogens (tertiary/aromatic N) is 1.